The number of hydrogen-bond donors (Lipinski definition) is 2. The molecule has 0 unspecified atom stereocenters. The number of fused-ring (bicyclic) bond motifs is 1. The number of halogens is 7. The highest BCUT2D eigenvalue weighted by molar-refractivity contribution is 7.12. The van der Waals surface area contributed by atoms with E-state index in [1.54, 1.807) is 24.0 Å². The Morgan fingerprint density at radius 3 is 2.47 bits per heavy atom. The van der Waals surface area contributed by atoms with E-state index >= 15 is 4.39 Å². The number of amides is 1. The number of alkyl halides is 6. The van der Waals surface area contributed by atoms with Crippen LogP contribution in [-0.4, -0.2) is 57.0 Å². The van der Waals surface area contributed by atoms with Crippen molar-refractivity contribution in [3.8, 4) is 17.2 Å². The van der Waals surface area contributed by atoms with Gasteiger partial charge in [0.05, 0.1) is 6.54 Å². The van der Waals surface area contributed by atoms with Crippen LogP contribution in [0.4, 0.5) is 30.7 Å². The third-order valence-corrected chi connectivity index (χ3v) is 9.01. The van der Waals surface area contributed by atoms with Crippen LogP contribution >= 0.6 is 11.3 Å². The number of aryl methyl sites for hydroxylation is 1. The summed E-state index contributed by atoms with van der Waals surface area (Å²) in [4.78, 5) is 25.0. The fourth-order valence-electron chi connectivity index (χ4n) is 5.60. The van der Waals surface area contributed by atoms with E-state index in [0.717, 1.165) is 40.6 Å². The molecule has 0 bridgehead atoms. The summed E-state index contributed by atoms with van der Waals surface area (Å²) in [6.45, 7) is 5.27. The van der Waals surface area contributed by atoms with Crippen LogP contribution in [0.2, 0.25) is 0 Å². The first kappa shape index (κ1) is 35.6. The highest BCUT2D eigenvalue weighted by Gasteiger charge is 2.40. The normalized spacial score (nSPS) is 19.7. The van der Waals surface area contributed by atoms with E-state index in [4.69, 9.17) is 9.90 Å². The van der Waals surface area contributed by atoms with Gasteiger partial charge in [0.15, 0.2) is 5.69 Å². The quantitative estimate of drug-likeness (QED) is 0.221. The first-order valence-electron chi connectivity index (χ1n) is 14.5. The number of hydrogen-bond acceptors (Lipinski definition) is 6. The Morgan fingerprint density at radius 1 is 1.19 bits per heavy atom. The van der Waals surface area contributed by atoms with Gasteiger partial charge in [-0.3, -0.25) is 9.48 Å². The molecule has 0 saturated carbocycles. The molecule has 1 aromatic carbocycles. The number of rotatable bonds is 6. The summed E-state index contributed by atoms with van der Waals surface area (Å²) >= 11 is 1.24. The van der Waals surface area contributed by atoms with Gasteiger partial charge < -0.3 is 15.3 Å². The Hall–Kier alpha value is -4.23. The zero-order valence-electron chi connectivity index (χ0n) is 25.1. The summed E-state index contributed by atoms with van der Waals surface area (Å²) in [5.41, 5.74) is -0.665. The molecule has 3 atom stereocenters. The van der Waals surface area contributed by atoms with Gasteiger partial charge in [-0.25, -0.2) is 9.18 Å². The van der Waals surface area contributed by atoms with Crippen LogP contribution in [0.1, 0.15) is 59.2 Å². The average Bonchev–Trinajstić information content (AvgIpc) is 3.76. The monoisotopic (exact) mass is 685 g/mol. The molecule has 2 aliphatic rings. The number of nitriles is 1. The number of aromatic nitrogens is 2. The van der Waals surface area contributed by atoms with Crippen molar-refractivity contribution in [1.82, 2.24) is 20.0 Å². The van der Waals surface area contributed by atoms with Gasteiger partial charge in [0.2, 0.25) is 5.91 Å². The molecule has 4 heterocycles. The van der Waals surface area contributed by atoms with Gasteiger partial charge in [-0.2, -0.15) is 36.7 Å². The van der Waals surface area contributed by atoms with E-state index in [0.29, 0.717) is 16.4 Å². The van der Waals surface area contributed by atoms with E-state index in [9.17, 15) is 36.4 Å². The molecular formula is C31H30F7N5O3S. The van der Waals surface area contributed by atoms with Gasteiger partial charge in [-0.05, 0) is 49.1 Å². The van der Waals surface area contributed by atoms with E-state index in [2.05, 4.69) is 23.4 Å². The molecule has 0 aliphatic carbocycles. The Bertz CT molecular complexity index is 1690. The number of carbonyl (C=O) groups is 2. The summed E-state index contributed by atoms with van der Waals surface area (Å²) in [5, 5.41) is 23.8. The van der Waals surface area contributed by atoms with E-state index < -0.39 is 35.8 Å². The molecule has 2 aromatic heterocycles. The lowest BCUT2D eigenvalue weighted by atomic mass is 9.83. The van der Waals surface area contributed by atoms with Crippen LogP contribution in [0.5, 0.6) is 0 Å². The minimum Gasteiger partial charge on any atom is -0.475 e. The topological polar surface area (TPSA) is 111 Å². The minimum atomic E-state index is -5.08. The molecule has 1 amide bonds. The van der Waals surface area contributed by atoms with Gasteiger partial charge in [-0.1, -0.05) is 31.6 Å². The fraction of sp³-hybridized carbons (Fsp3) is 0.419. The summed E-state index contributed by atoms with van der Waals surface area (Å²) in [6, 6.07) is 8.11. The highest BCUT2D eigenvalue weighted by Crippen LogP contribution is 2.45. The number of carboxylic acid groups (broad SMARTS) is 1. The number of carbonyl (C=O) groups excluding carboxylic acids is 1. The third kappa shape index (κ3) is 8.20. The van der Waals surface area contributed by atoms with Gasteiger partial charge in [0, 0.05) is 53.3 Å². The first-order valence-corrected chi connectivity index (χ1v) is 15.4. The fourth-order valence-corrected chi connectivity index (χ4v) is 6.64. The molecular weight excluding hydrogens is 655 g/mol. The van der Waals surface area contributed by atoms with E-state index in [1.165, 1.54) is 29.7 Å². The zero-order valence-corrected chi connectivity index (χ0v) is 25.9. The molecule has 0 spiro atoms. The predicted molar refractivity (Wildman–Crippen MR) is 158 cm³/mol. The Morgan fingerprint density at radius 2 is 1.89 bits per heavy atom. The van der Waals surface area contributed by atoms with Crippen molar-refractivity contribution in [3.05, 3.63) is 75.0 Å². The largest absolute Gasteiger partial charge is 0.490 e. The number of thiophene rings is 1. The van der Waals surface area contributed by atoms with Crippen LogP contribution in [0, 0.1) is 23.1 Å². The lowest BCUT2D eigenvalue weighted by molar-refractivity contribution is -0.192. The van der Waals surface area contributed by atoms with Gasteiger partial charge >= 0.3 is 18.3 Å². The van der Waals surface area contributed by atoms with Crippen LogP contribution in [0.25, 0.3) is 11.1 Å². The Kier molecular flexibility index (Phi) is 10.8. The average molecular weight is 686 g/mol. The van der Waals surface area contributed by atoms with Crippen molar-refractivity contribution in [3.63, 3.8) is 0 Å². The second kappa shape index (κ2) is 14.3. The van der Waals surface area contributed by atoms with Crippen LogP contribution < -0.4 is 5.32 Å². The summed E-state index contributed by atoms with van der Waals surface area (Å²) in [7, 11) is 0. The maximum absolute atomic E-state index is 15.5. The van der Waals surface area contributed by atoms with Gasteiger partial charge in [0.1, 0.15) is 16.8 Å². The van der Waals surface area contributed by atoms with Crippen LogP contribution in [-0.2, 0) is 28.9 Å². The second-order valence-corrected chi connectivity index (χ2v) is 12.1. The molecule has 5 rings (SSSR count). The number of nitrogens with zero attached hydrogens (tertiary/aromatic N) is 4. The van der Waals surface area contributed by atoms with Gasteiger partial charge in [-0.15, -0.1) is 11.3 Å². The molecule has 252 valence electrons. The molecule has 47 heavy (non-hydrogen) atoms. The molecule has 0 radical (unpaired) electrons. The van der Waals surface area contributed by atoms with Crippen molar-refractivity contribution in [2.75, 3.05) is 13.1 Å². The van der Waals surface area contributed by atoms with Crippen molar-refractivity contribution in [2.24, 2.45) is 5.92 Å². The van der Waals surface area contributed by atoms with Crippen LogP contribution in [0.15, 0.2) is 42.6 Å². The third-order valence-electron chi connectivity index (χ3n) is 7.97. The van der Waals surface area contributed by atoms with E-state index in [1.807, 2.05) is 6.08 Å². The maximum Gasteiger partial charge on any atom is 0.490 e. The Balaban J connectivity index is 0.000000644. The molecule has 2 N–H and O–H groups in total. The summed E-state index contributed by atoms with van der Waals surface area (Å²) in [5.74, 6) is -3.88. The zero-order chi connectivity index (χ0) is 34.7. The SMILES string of the molecule is CC[C@H]1CN[C@H](/C=C/C(=O)N2Cc3sc(C#N)cc3[C@H](c3cccc(F)c3-c3cn(CC)nc3C(F)(F)F)C2)C1.O=C(O)C(F)(F)F. The predicted octanol–water partition coefficient (Wildman–Crippen LogP) is 6.71. The molecule has 3 aromatic rings. The van der Waals surface area contributed by atoms with Crippen molar-refractivity contribution >= 4 is 23.2 Å². The lowest BCUT2D eigenvalue weighted by Crippen LogP contribution is -2.37. The number of carboxylic acids is 1. The number of benzene rings is 1. The molecule has 16 heteroatoms. The number of aliphatic carboxylic acids is 1. The second-order valence-electron chi connectivity index (χ2n) is 11.0. The maximum atomic E-state index is 15.5. The molecule has 2 aliphatic heterocycles. The summed E-state index contributed by atoms with van der Waals surface area (Å²) in [6.07, 6.45) is -3.25. The van der Waals surface area contributed by atoms with Crippen molar-refractivity contribution in [1.29, 1.82) is 5.26 Å². The molecule has 1 fully saturated rings. The molecule has 1 saturated heterocycles. The van der Waals surface area contributed by atoms with Gasteiger partial charge in [0.25, 0.3) is 0 Å². The smallest absolute Gasteiger partial charge is 0.475 e. The Labute approximate surface area is 269 Å². The van der Waals surface area contributed by atoms with E-state index in [-0.39, 0.29) is 42.7 Å². The highest BCUT2D eigenvalue weighted by atomic mass is 32.1. The molecule has 8 nitrogen and oxygen atoms in total. The summed E-state index contributed by atoms with van der Waals surface area (Å²) < 4.78 is 90.4. The van der Waals surface area contributed by atoms with Crippen molar-refractivity contribution < 1.29 is 45.4 Å². The minimum absolute atomic E-state index is 0.0997. The van der Waals surface area contributed by atoms with Crippen LogP contribution in [0.3, 0.4) is 0 Å². The number of nitrogens with one attached hydrogen (secondary N) is 1. The lowest BCUT2D eigenvalue weighted by Gasteiger charge is -2.33. The first-order chi connectivity index (χ1) is 22.1. The standard InChI is InChI=1S/C29H29F4N5OS.C2HF3O2/c1-3-17-10-18(35-13-17)8-9-26(39)37-14-22(21-11-19(12-34)40-25(21)16-37)20-6-5-7-24(30)27(20)23-15-38(4-2)36-28(23)29(31,32)33;3-2(4,5)1(6)7/h5-9,11,15,17-18,22,35H,3-4,10,13-14,16H2,1-2H3;(H,6,7)/b9-8+;/t17-,18-,22+;/m1./s1. The van der Waals surface area contributed by atoms with Crippen molar-refractivity contribution in [2.45, 2.75) is 64.1 Å².